The highest BCUT2D eigenvalue weighted by atomic mass is 35.5. The average molecular weight is 411 g/mol. The zero-order chi connectivity index (χ0) is 20.0. The summed E-state index contributed by atoms with van der Waals surface area (Å²) in [7, 11) is 0. The van der Waals surface area contributed by atoms with E-state index >= 15 is 0 Å². The molecule has 29 heavy (non-hydrogen) atoms. The molecule has 5 rings (SSSR count). The third-order valence-electron chi connectivity index (χ3n) is 5.55. The minimum Gasteiger partial charge on any atom is -0.454 e. The second-order valence-electron chi connectivity index (χ2n) is 7.29. The normalized spacial score (nSPS) is 17.7. The highest BCUT2D eigenvalue weighted by molar-refractivity contribution is 6.33. The number of likely N-dealkylation sites (tertiary alicyclic amines) is 1. The summed E-state index contributed by atoms with van der Waals surface area (Å²) in [6, 6.07) is 13.3. The molecule has 0 aliphatic carbocycles. The van der Waals surface area contributed by atoms with Crippen LogP contribution in [-0.2, 0) is 0 Å². The van der Waals surface area contributed by atoms with Gasteiger partial charge in [-0.05, 0) is 37.1 Å². The van der Waals surface area contributed by atoms with Gasteiger partial charge in [-0.15, -0.1) is 0 Å². The number of aromatic nitrogens is 1. The van der Waals surface area contributed by atoms with Gasteiger partial charge in [-0.25, -0.2) is 0 Å². The van der Waals surface area contributed by atoms with E-state index in [-0.39, 0.29) is 18.6 Å². The number of hydrogen-bond acceptors (Lipinski definition) is 5. The van der Waals surface area contributed by atoms with Crippen molar-refractivity contribution < 1.29 is 18.8 Å². The molecule has 0 saturated carbocycles. The van der Waals surface area contributed by atoms with Crippen LogP contribution in [0.15, 0.2) is 47.0 Å². The summed E-state index contributed by atoms with van der Waals surface area (Å²) in [4.78, 5) is 15.2. The Morgan fingerprint density at radius 1 is 1.17 bits per heavy atom. The van der Waals surface area contributed by atoms with Gasteiger partial charge in [0.25, 0.3) is 5.91 Å². The maximum Gasteiger partial charge on any atom is 0.259 e. The van der Waals surface area contributed by atoms with Crippen LogP contribution < -0.4 is 9.47 Å². The van der Waals surface area contributed by atoms with Crippen LogP contribution in [0.5, 0.6) is 11.5 Å². The predicted molar refractivity (Wildman–Crippen MR) is 108 cm³/mol. The zero-order valence-electron chi connectivity index (χ0n) is 15.9. The van der Waals surface area contributed by atoms with Crippen LogP contribution in [0.3, 0.4) is 0 Å². The Kier molecular flexibility index (Phi) is 4.43. The lowest BCUT2D eigenvalue weighted by Gasteiger charge is -2.17. The fraction of sp³-hybridized carbons (Fsp3) is 0.273. The number of hydrogen-bond donors (Lipinski definition) is 0. The van der Waals surface area contributed by atoms with Gasteiger partial charge < -0.3 is 18.9 Å². The molecule has 2 aromatic carbocycles. The van der Waals surface area contributed by atoms with Gasteiger partial charge in [-0.1, -0.05) is 41.0 Å². The van der Waals surface area contributed by atoms with Crippen LogP contribution in [0, 0.1) is 6.92 Å². The Bertz CT molecular complexity index is 1090. The number of nitrogens with zero attached hydrogens (tertiary/aromatic N) is 2. The van der Waals surface area contributed by atoms with Crippen LogP contribution in [0.2, 0.25) is 5.02 Å². The topological polar surface area (TPSA) is 64.8 Å². The number of carbonyl (C=O) groups excluding carboxylic acids is 1. The van der Waals surface area contributed by atoms with E-state index in [0.29, 0.717) is 40.7 Å². The van der Waals surface area contributed by atoms with Gasteiger partial charge in [0.1, 0.15) is 17.0 Å². The second-order valence-corrected chi connectivity index (χ2v) is 7.70. The lowest BCUT2D eigenvalue weighted by Crippen LogP contribution is -2.29. The van der Waals surface area contributed by atoms with E-state index in [0.717, 1.165) is 23.5 Å². The van der Waals surface area contributed by atoms with Crippen molar-refractivity contribution in [2.24, 2.45) is 0 Å². The predicted octanol–water partition coefficient (Wildman–Crippen LogP) is 4.66. The molecular weight excluding hydrogens is 392 g/mol. The molecule has 0 N–H and O–H groups in total. The van der Waals surface area contributed by atoms with Gasteiger partial charge in [0.05, 0.1) is 5.02 Å². The molecule has 6 nitrogen and oxygen atoms in total. The van der Waals surface area contributed by atoms with E-state index in [4.69, 9.17) is 25.6 Å². The van der Waals surface area contributed by atoms with Crippen molar-refractivity contribution >= 4 is 17.5 Å². The molecule has 1 atom stereocenters. The molecule has 7 heteroatoms. The molecule has 0 bridgehead atoms. The average Bonchev–Trinajstić information content (AvgIpc) is 3.47. The van der Waals surface area contributed by atoms with Crippen molar-refractivity contribution in [1.82, 2.24) is 10.1 Å². The Morgan fingerprint density at radius 2 is 2.00 bits per heavy atom. The number of carbonyl (C=O) groups is 1. The van der Waals surface area contributed by atoms with Crippen LogP contribution in [0.4, 0.5) is 0 Å². The van der Waals surface area contributed by atoms with Crippen LogP contribution in [-0.4, -0.2) is 35.8 Å². The summed E-state index contributed by atoms with van der Waals surface area (Å²) in [5, 5.41) is 4.66. The number of rotatable bonds is 3. The molecule has 3 aromatic rings. The van der Waals surface area contributed by atoms with Crippen molar-refractivity contribution in [1.29, 1.82) is 0 Å². The SMILES string of the molecule is Cc1onc(-c2ccccc2Cl)c1C(=O)N1CC[C@@H](c2ccc3c(c2)OCO3)C1. The minimum absolute atomic E-state index is 0.0816. The summed E-state index contributed by atoms with van der Waals surface area (Å²) < 4.78 is 16.2. The maximum absolute atomic E-state index is 13.3. The third-order valence-corrected chi connectivity index (χ3v) is 5.88. The number of halogens is 1. The van der Waals surface area contributed by atoms with Gasteiger partial charge in [0.15, 0.2) is 11.5 Å². The second kappa shape index (κ2) is 7.12. The number of benzene rings is 2. The standard InChI is InChI=1S/C22H19ClN2O4/c1-13-20(21(24-29-13)16-4-2-3-5-17(16)23)22(26)25-9-8-15(11-25)14-6-7-18-19(10-14)28-12-27-18/h2-7,10,15H,8-9,11-12H2,1H3/t15-/m1/s1. The molecular formula is C22H19ClN2O4. The summed E-state index contributed by atoms with van der Waals surface area (Å²) >= 11 is 6.33. The molecule has 0 radical (unpaired) electrons. The van der Waals surface area contributed by atoms with Gasteiger partial charge in [-0.2, -0.15) is 0 Å². The summed E-state index contributed by atoms with van der Waals surface area (Å²) in [5.41, 5.74) is 2.81. The fourth-order valence-electron chi connectivity index (χ4n) is 4.00. The van der Waals surface area contributed by atoms with E-state index in [1.807, 2.05) is 41.3 Å². The first-order chi connectivity index (χ1) is 14.1. The lowest BCUT2D eigenvalue weighted by atomic mass is 9.98. The third kappa shape index (κ3) is 3.13. The highest BCUT2D eigenvalue weighted by Gasteiger charge is 2.33. The Hall–Kier alpha value is -2.99. The number of amides is 1. The number of fused-ring (bicyclic) bond motifs is 1. The minimum atomic E-state index is -0.0816. The molecule has 3 heterocycles. The van der Waals surface area contributed by atoms with E-state index in [2.05, 4.69) is 5.16 Å². The van der Waals surface area contributed by atoms with Crippen LogP contribution in [0.1, 0.15) is 34.0 Å². The van der Waals surface area contributed by atoms with E-state index in [1.54, 1.807) is 13.0 Å². The number of aryl methyl sites for hydroxylation is 1. The molecule has 0 spiro atoms. The fourth-order valence-corrected chi connectivity index (χ4v) is 4.23. The Labute approximate surface area is 173 Å². The largest absolute Gasteiger partial charge is 0.454 e. The first-order valence-electron chi connectivity index (χ1n) is 9.52. The first-order valence-corrected chi connectivity index (χ1v) is 9.89. The zero-order valence-corrected chi connectivity index (χ0v) is 16.6. The summed E-state index contributed by atoms with van der Waals surface area (Å²) in [6.07, 6.45) is 0.886. The molecule has 2 aliphatic heterocycles. The van der Waals surface area contributed by atoms with E-state index in [9.17, 15) is 4.79 Å². The van der Waals surface area contributed by atoms with Crippen LogP contribution in [0.25, 0.3) is 11.3 Å². The molecule has 1 amide bonds. The Balaban J connectivity index is 1.40. The molecule has 1 aromatic heterocycles. The van der Waals surface area contributed by atoms with Crippen molar-refractivity contribution in [3.8, 4) is 22.8 Å². The van der Waals surface area contributed by atoms with Gasteiger partial charge in [0, 0.05) is 24.6 Å². The monoisotopic (exact) mass is 410 g/mol. The van der Waals surface area contributed by atoms with Gasteiger partial charge in [-0.3, -0.25) is 4.79 Å². The quantitative estimate of drug-likeness (QED) is 0.628. The molecule has 1 saturated heterocycles. The van der Waals surface area contributed by atoms with Crippen molar-refractivity contribution in [2.45, 2.75) is 19.3 Å². The van der Waals surface area contributed by atoms with E-state index < -0.39 is 0 Å². The van der Waals surface area contributed by atoms with Crippen molar-refractivity contribution in [2.75, 3.05) is 19.9 Å². The van der Waals surface area contributed by atoms with Crippen LogP contribution >= 0.6 is 11.6 Å². The van der Waals surface area contributed by atoms with E-state index in [1.165, 1.54) is 0 Å². The molecule has 1 fully saturated rings. The van der Waals surface area contributed by atoms with Crippen molar-refractivity contribution in [3.63, 3.8) is 0 Å². The van der Waals surface area contributed by atoms with Crippen molar-refractivity contribution in [3.05, 3.63) is 64.4 Å². The molecule has 0 unspecified atom stereocenters. The first kappa shape index (κ1) is 18.1. The maximum atomic E-state index is 13.3. The summed E-state index contributed by atoms with van der Waals surface area (Å²) in [6.45, 7) is 3.31. The molecule has 2 aliphatic rings. The highest BCUT2D eigenvalue weighted by Crippen LogP contribution is 2.38. The number of ether oxygens (including phenoxy) is 2. The smallest absolute Gasteiger partial charge is 0.259 e. The molecule has 148 valence electrons. The summed E-state index contributed by atoms with van der Waals surface area (Å²) in [5.74, 6) is 2.20. The van der Waals surface area contributed by atoms with Gasteiger partial charge in [0.2, 0.25) is 6.79 Å². The lowest BCUT2D eigenvalue weighted by molar-refractivity contribution is 0.0789. The Morgan fingerprint density at radius 3 is 2.86 bits per heavy atom. The van der Waals surface area contributed by atoms with Gasteiger partial charge >= 0.3 is 0 Å².